The molecule has 1 amide bonds. The summed E-state index contributed by atoms with van der Waals surface area (Å²) >= 11 is 9.77. The standard InChI is InChI=1S/C14H6Br2N2O2S2/c15-7-3-1-5(21-7)11-9-10(14(20)17-11)12(18-13(9)19)6-2-4-8(16)22-6/h1-4,17,20H. The lowest BCUT2D eigenvalue weighted by Gasteiger charge is -1.96. The van der Waals surface area contributed by atoms with Crippen LogP contribution in [-0.2, 0) is 0 Å². The van der Waals surface area contributed by atoms with Gasteiger partial charge in [0, 0.05) is 0 Å². The molecule has 8 heteroatoms. The quantitative estimate of drug-likeness (QED) is 0.566. The Morgan fingerprint density at radius 2 is 1.64 bits per heavy atom. The van der Waals surface area contributed by atoms with Gasteiger partial charge in [-0.2, -0.15) is 0 Å². The number of thiophene rings is 2. The van der Waals surface area contributed by atoms with Gasteiger partial charge in [-0.15, -0.1) is 22.7 Å². The second kappa shape index (κ2) is 5.16. The van der Waals surface area contributed by atoms with Crippen LogP contribution in [0.4, 0.5) is 0 Å². The maximum absolute atomic E-state index is 12.3. The van der Waals surface area contributed by atoms with Crippen LogP contribution in [0, 0.1) is 0 Å². The van der Waals surface area contributed by atoms with Gasteiger partial charge in [-0.3, -0.25) is 4.79 Å². The highest BCUT2D eigenvalue weighted by atomic mass is 79.9. The van der Waals surface area contributed by atoms with Gasteiger partial charge >= 0.3 is 0 Å². The first kappa shape index (κ1) is 14.4. The maximum atomic E-state index is 12.3. The van der Waals surface area contributed by atoms with Crippen LogP contribution in [0.2, 0.25) is 0 Å². The molecular weight excluding hydrogens is 452 g/mol. The summed E-state index contributed by atoms with van der Waals surface area (Å²) in [5.74, 6) is -0.353. The number of aromatic nitrogens is 1. The summed E-state index contributed by atoms with van der Waals surface area (Å²) in [6.07, 6.45) is 0. The van der Waals surface area contributed by atoms with E-state index in [4.69, 9.17) is 0 Å². The minimum atomic E-state index is -0.328. The molecule has 4 heterocycles. The zero-order chi connectivity index (χ0) is 15.4. The second-order valence-electron chi connectivity index (χ2n) is 4.57. The first-order valence-corrected chi connectivity index (χ1v) is 9.36. The molecule has 2 N–H and O–H groups in total. The van der Waals surface area contributed by atoms with Gasteiger partial charge in [-0.05, 0) is 56.1 Å². The van der Waals surface area contributed by atoms with Crippen molar-refractivity contribution in [2.75, 3.05) is 0 Å². The van der Waals surface area contributed by atoms with Crippen LogP contribution < -0.4 is 0 Å². The molecule has 3 aromatic rings. The Hall–Kier alpha value is -1.22. The summed E-state index contributed by atoms with van der Waals surface area (Å²) in [5, 5.41) is 10.3. The van der Waals surface area contributed by atoms with E-state index in [1.165, 1.54) is 22.7 Å². The number of halogens is 2. The molecule has 0 unspecified atom stereocenters. The van der Waals surface area contributed by atoms with Gasteiger partial charge in [0.25, 0.3) is 5.91 Å². The fourth-order valence-corrected chi connectivity index (χ4v) is 5.17. The van der Waals surface area contributed by atoms with Crippen LogP contribution in [-0.4, -0.2) is 21.7 Å². The number of amides is 1. The van der Waals surface area contributed by atoms with Crippen molar-refractivity contribution in [3.8, 4) is 16.5 Å². The third kappa shape index (κ3) is 2.13. The van der Waals surface area contributed by atoms with Crippen molar-refractivity contribution in [2.45, 2.75) is 0 Å². The molecule has 0 spiro atoms. The lowest BCUT2D eigenvalue weighted by atomic mass is 10.1. The normalized spacial score (nSPS) is 13.5. The predicted molar refractivity (Wildman–Crippen MR) is 95.5 cm³/mol. The number of aromatic amines is 1. The molecule has 0 saturated heterocycles. The summed E-state index contributed by atoms with van der Waals surface area (Å²) in [5.41, 5.74) is 2.05. The predicted octanol–water partition coefficient (Wildman–Crippen LogP) is 5.03. The number of nitrogens with zero attached hydrogens (tertiary/aromatic N) is 1. The number of hydrogen-bond acceptors (Lipinski definition) is 4. The number of aromatic hydroxyl groups is 1. The van der Waals surface area contributed by atoms with E-state index in [9.17, 15) is 9.90 Å². The first-order valence-electron chi connectivity index (χ1n) is 6.14. The number of rotatable bonds is 2. The number of H-pyrrole nitrogens is 1. The van der Waals surface area contributed by atoms with Gasteiger partial charge < -0.3 is 10.1 Å². The van der Waals surface area contributed by atoms with Crippen LogP contribution in [0.1, 0.15) is 20.8 Å². The Kier molecular flexibility index (Phi) is 3.37. The average molecular weight is 458 g/mol. The molecule has 0 aliphatic carbocycles. The molecule has 0 atom stereocenters. The molecule has 3 aromatic heterocycles. The number of hydrogen-bond donors (Lipinski definition) is 2. The van der Waals surface area contributed by atoms with Crippen molar-refractivity contribution in [2.24, 2.45) is 4.99 Å². The van der Waals surface area contributed by atoms with Gasteiger partial charge in [0.15, 0.2) is 5.88 Å². The molecule has 4 rings (SSSR count). The van der Waals surface area contributed by atoms with E-state index < -0.39 is 0 Å². The van der Waals surface area contributed by atoms with Gasteiger partial charge in [0.1, 0.15) is 0 Å². The summed E-state index contributed by atoms with van der Waals surface area (Å²) in [7, 11) is 0. The van der Waals surface area contributed by atoms with Crippen LogP contribution in [0.5, 0.6) is 5.88 Å². The van der Waals surface area contributed by atoms with Crippen LogP contribution in [0.3, 0.4) is 0 Å². The minimum Gasteiger partial charge on any atom is -0.494 e. The summed E-state index contributed by atoms with van der Waals surface area (Å²) < 4.78 is 1.91. The van der Waals surface area contributed by atoms with Crippen LogP contribution in [0.15, 0.2) is 36.8 Å². The van der Waals surface area contributed by atoms with Crippen molar-refractivity contribution in [3.63, 3.8) is 0 Å². The molecule has 0 bridgehead atoms. The topological polar surface area (TPSA) is 65.4 Å². The summed E-state index contributed by atoms with van der Waals surface area (Å²) in [4.78, 5) is 21.1. The van der Waals surface area contributed by atoms with E-state index >= 15 is 0 Å². The molecule has 4 nitrogen and oxygen atoms in total. The van der Waals surface area contributed by atoms with Crippen molar-refractivity contribution in [3.05, 3.63) is 47.8 Å². The molecule has 22 heavy (non-hydrogen) atoms. The monoisotopic (exact) mass is 456 g/mol. The molecule has 0 fully saturated rings. The molecule has 0 radical (unpaired) electrons. The van der Waals surface area contributed by atoms with Crippen molar-refractivity contribution in [1.29, 1.82) is 0 Å². The fourth-order valence-electron chi connectivity index (χ4n) is 2.40. The SMILES string of the molecule is O=C1N=C(c2ccc(Br)s2)c2c(O)[nH]c(-c3ccc(Br)s3)c21. The molecule has 0 aromatic carbocycles. The molecule has 0 saturated carbocycles. The molecule has 110 valence electrons. The largest absolute Gasteiger partial charge is 0.494 e. The van der Waals surface area contributed by atoms with Crippen molar-refractivity contribution in [1.82, 2.24) is 4.98 Å². The second-order valence-corrected chi connectivity index (χ2v) is 9.50. The number of carbonyl (C=O) groups excluding carboxylic acids is 1. The number of nitrogens with one attached hydrogen (secondary N) is 1. The Balaban J connectivity index is 1.91. The number of aliphatic imine (C=N–C) groups is 1. The van der Waals surface area contributed by atoms with E-state index in [0.717, 1.165) is 17.3 Å². The third-order valence-corrected chi connectivity index (χ3v) is 6.54. The number of carbonyl (C=O) groups is 1. The fraction of sp³-hybridized carbons (Fsp3) is 0. The smallest absolute Gasteiger partial charge is 0.280 e. The molecule has 1 aliphatic rings. The zero-order valence-corrected chi connectivity index (χ0v) is 15.5. The minimum absolute atomic E-state index is 0.0244. The Morgan fingerprint density at radius 3 is 2.23 bits per heavy atom. The van der Waals surface area contributed by atoms with Gasteiger partial charge in [-0.25, -0.2) is 4.99 Å². The summed E-state index contributed by atoms with van der Waals surface area (Å²) in [6, 6.07) is 7.57. The Labute approximate surface area is 149 Å². The highest BCUT2D eigenvalue weighted by Crippen LogP contribution is 2.41. The highest BCUT2D eigenvalue weighted by Gasteiger charge is 2.34. The highest BCUT2D eigenvalue weighted by molar-refractivity contribution is 9.11. The summed E-state index contributed by atoms with van der Waals surface area (Å²) in [6.45, 7) is 0. The zero-order valence-electron chi connectivity index (χ0n) is 10.7. The molecular formula is C14H6Br2N2O2S2. The van der Waals surface area contributed by atoms with E-state index in [0.29, 0.717) is 22.5 Å². The molecule has 1 aliphatic heterocycles. The van der Waals surface area contributed by atoms with E-state index in [1.54, 1.807) is 0 Å². The van der Waals surface area contributed by atoms with E-state index in [1.807, 2.05) is 24.3 Å². The van der Waals surface area contributed by atoms with E-state index in [2.05, 4.69) is 41.8 Å². The Bertz CT molecular complexity index is 952. The van der Waals surface area contributed by atoms with Crippen molar-refractivity contribution < 1.29 is 9.90 Å². The lowest BCUT2D eigenvalue weighted by Crippen LogP contribution is -1.96. The van der Waals surface area contributed by atoms with Crippen LogP contribution >= 0.6 is 54.5 Å². The third-order valence-electron chi connectivity index (χ3n) is 3.27. The Morgan fingerprint density at radius 1 is 1.00 bits per heavy atom. The lowest BCUT2D eigenvalue weighted by molar-refractivity contribution is 0.101. The van der Waals surface area contributed by atoms with Gasteiger partial charge in [0.2, 0.25) is 0 Å². The van der Waals surface area contributed by atoms with Crippen molar-refractivity contribution >= 4 is 66.2 Å². The van der Waals surface area contributed by atoms with Gasteiger partial charge in [0.05, 0.1) is 39.9 Å². The number of fused-ring (bicyclic) bond motifs is 1. The maximum Gasteiger partial charge on any atom is 0.280 e. The van der Waals surface area contributed by atoms with E-state index in [-0.39, 0.29) is 11.8 Å². The van der Waals surface area contributed by atoms with Crippen LogP contribution in [0.25, 0.3) is 10.6 Å². The van der Waals surface area contributed by atoms with Gasteiger partial charge in [-0.1, -0.05) is 0 Å². The average Bonchev–Trinajstić information content (AvgIpc) is 3.19. The first-order chi connectivity index (χ1) is 10.5.